The highest BCUT2D eigenvalue weighted by Gasteiger charge is 2.42. The van der Waals surface area contributed by atoms with Crippen molar-refractivity contribution in [3.8, 4) is 11.6 Å². The Hall–Kier alpha value is -1.36. The second-order valence-electron chi connectivity index (χ2n) is 6.28. The summed E-state index contributed by atoms with van der Waals surface area (Å²) < 4.78 is 8.35. The van der Waals surface area contributed by atoms with E-state index in [4.69, 9.17) is 16.6 Å². The Morgan fingerprint density at radius 3 is 3.00 bits per heavy atom. The number of nitrogens with zero attached hydrogens (tertiary/aromatic N) is 2. The van der Waals surface area contributed by atoms with Crippen LogP contribution in [0.3, 0.4) is 0 Å². The van der Waals surface area contributed by atoms with Crippen LogP contribution in [0.25, 0.3) is 11.6 Å². The molecular formula is C15H19N3OS. The van der Waals surface area contributed by atoms with Crippen molar-refractivity contribution in [3.05, 3.63) is 23.2 Å². The molecule has 4 atom stereocenters. The molecule has 0 aliphatic heterocycles. The maximum atomic E-state index is 5.50. The van der Waals surface area contributed by atoms with Crippen LogP contribution < -0.4 is 0 Å². The van der Waals surface area contributed by atoms with Gasteiger partial charge in [0.1, 0.15) is 0 Å². The van der Waals surface area contributed by atoms with Crippen LogP contribution in [0, 0.1) is 22.5 Å². The van der Waals surface area contributed by atoms with Gasteiger partial charge in [0.2, 0.25) is 0 Å². The zero-order valence-corrected chi connectivity index (χ0v) is 12.4. The lowest BCUT2D eigenvalue weighted by atomic mass is 9.84. The molecule has 2 aliphatic rings. The molecule has 1 N–H and O–H groups in total. The van der Waals surface area contributed by atoms with Gasteiger partial charge in [0.05, 0.1) is 6.26 Å². The Morgan fingerprint density at radius 2 is 2.35 bits per heavy atom. The van der Waals surface area contributed by atoms with E-state index in [1.165, 1.54) is 25.7 Å². The first-order chi connectivity index (χ1) is 9.74. The number of hydrogen-bond donors (Lipinski definition) is 1. The minimum Gasteiger partial charge on any atom is -0.461 e. The largest absolute Gasteiger partial charge is 0.461 e. The van der Waals surface area contributed by atoms with Crippen LogP contribution in [-0.4, -0.2) is 14.8 Å². The van der Waals surface area contributed by atoms with Gasteiger partial charge in [-0.2, -0.15) is 5.10 Å². The highest BCUT2D eigenvalue weighted by molar-refractivity contribution is 7.71. The average molecular weight is 289 g/mol. The Balaban J connectivity index is 1.71. The van der Waals surface area contributed by atoms with Gasteiger partial charge in [0.25, 0.3) is 0 Å². The van der Waals surface area contributed by atoms with Crippen molar-refractivity contribution in [3.63, 3.8) is 0 Å². The molecule has 2 aromatic rings. The van der Waals surface area contributed by atoms with Gasteiger partial charge in [-0.1, -0.05) is 6.42 Å². The number of H-pyrrole nitrogens is 1. The summed E-state index contributed by atoms with van der Waals surface area (Å²) in [5.74, 6) is 4.16. The smallest absolute Gasteiger partial charge is 0.198 e. The van der Waals surface area contributed by atoms with Gasteiger partial charge >= 0.3 is 0 Å². The summed E-state index contributed by atoms with van der Waals surface area (Å²) in [6.45, 7) is 2.28. The molecule has 4 rings (SSSR count). The Kier molecular flexibility index (Phi) is 2.84. The van der Waals surface area contributed by atoms with Gasteiger partial charge in [-0.3, -0.25) is 9.67 Å². The van der Waals surface area contributed by atoms with Crippen molar-refractivity contribution in [1.29, 1.82) is 0 Å². The standard InChI is InChI=1S/C15H19N3OS/c1-9(12-8-10-4-5-11(12)7-10)18-14(16-17-15(18)20)13-3-2-6-19-13/h2-3,6,9-12H,4-5,7-8H2,1H3,(H,17,20)/t9-,10+,11+,12-/m0/s1. The van der Waals surface area contributed by atoms with Gasteiger partial charge in [0.15, 0.2) is 16.4 Å². The van der Waals surface area contributed by atoms with E-state index < -0.39 is 0 Å². The van der Waals surface area contributed by atoms with Crippen LogP contribution in [0.2, 0.25) is 0 Å². The van der Waals surface area contributed by atoms with Crippen molar-refractivity contribution in [2.75, 3.05) is 0 Å². The molecule has 4 nitrogen and oxygen atoms in total. The Labute approximate surface area is 123 Å². The van der Waals surface area contributed by atoms with E-state index in [1.54, 1.807) is 6.26 Å². The average Bonchev–Trinajstić information content (AvgIpc) is 3.21. The van der Waals surface area contributed by atoms with Crippen molar-refractivity contribution >= 4 is 12.2 Å². The number of furan rings is 1. The van der Waals surface area contributed by atoms with Crippen molar-refractivity contribution < 1.29 is 4.42 Å². The minimum atomic E-state index is 0.386. The number of nitrogens with one attached hydrogen (secondary N) is 1. The third-order valence-electron chi connectivity index (χ3n) is 5.27. The summed E-state index contributed by atoms with van der Waals surface area (Å²) in [6, 6.07) is 4.21. The monoisotopic (exact) mass is 289 g/mol. The van der Waals surface area contributed by atoms with Gasteiger partial charge in [0, 0.05) is 6.04 Å². The van der Waals surface area contributed by atoms with E-state index in [1.807, 2.05) is 12.1 Å². The zero-order valence-electron chi connectivity index (χ0n) is 11.6. The molecule has 0 spiro atoms. The minimum absolute atomic E-state index is 0.386. The highest BCUT2D eigenvalue weighted by atomic mass is 32.1. The van der Waals surface area contributed by atoms with Crippen molar-refractivity contribution in [1.82, 2.24) is 14.8 Å². The molecule has 0 radical (unpaired) electrons. The molecule has 2 bridgehead atoms. The summed E-state index contributed by atoms with van der Waals surface area (Å²) in [4.78, 5) is 0. The van der Waals surface area contributed by atoms with E-state index in [0.717, 1.165) is 29.3 Å². The van der Waals surface area contributed by atoms with Crippen LogP contribution in [0.15, 0.2) is 22.8 Å². The van der Waals surface area contributed by atoms with Gasteiger partial charge < -0.3 is 4.42 Å². The molecule has 2 heterocycles. The van der Waals surface area contributed by atoms with Crippen LogP contribution in [0.5, 0.6) is 0 Å². The van der Waals surface area contributed by atoms with E-state index in [-0.39, 0.29) is 0 Å². The van der Waals surface area contributed by atoms with Gasteiger partial charge in [-0.05, 0) is 68.3 Å². The fourth-order valence-electron chi connectivity index (χ4n) is 4.34. The summed E-state index contributed by atoms with van der Waals surface area (Å²) in [5, 5.41) is 7.29. The van der Waals surface area contributed by atoms with Crippen LogP contribution in [-0.2, 0) is 0 Å². The molecule has 106 valence electrons. The molecular weight excluding hydrogens is 270 g/mol. The SMILES string of the molecule is C[C@@H]([C@@H]1C[C@@H]2CC[C@@H]1C2)n1c(-c2ccco2)n[nH]c1=S. The van der Waals surface area contributed by atoms with Crippen LogP contribution in [0.4, 0.5) is 0 Å². The lowest BCUT2D eigenvalue weighted by molar-refractivity contribution is 0.242. The summed E-state index contributed by atoms with van der Waals surface area (Å²) in [7, 11) is 0. The fourth-order valence-corrected chi connectivity index (χ4v) is 4.64. The number of aromatic amines is 1. The predicted molar refractivity (Wildman–Crippen MR) is 78.8 cm³/mol. The zero-order chi connectivity index (χ0) is 13.7. The number of hydrogen-bond acceptors (Lipinski definition) is 3. The Morgan fingerprint density at radius 1 is 1.45 bits per heavy atom. The van der Waals surface area contributed by atoms with Crippen LogP contribution >= 0.6 is 12.2 Å². The normalized spacial score (nSPS) is 29.9. The van der Waals surface area contributed by atoms with Gasteiger partial charge in [-0.25, -0.2) is 0 Å². The molecule has 2 aliphatic carbocycles. The lowest BCUT2D eigenvalue weighted by Gasteiger charge is -2.29. The molecule has 5 heteroatoms. The lowest BCUT2D eigenvalue weighted by Crippen LogP contribution is -2.22. The van der Waals surface area contributed by atoms with Crippen molar-refractivity contribution in [2.24, 2.45) is 17.8 Å². The molecule has 2 fully saturated rings. The molecule has 0 amide bonds. The molecule has 0 aromatic carbocycles. The van der Waals surface area contributed by atoms with Gasteiger partial charge in [-0.15, -0.1) is 0 Å². The molecule has 0 saturated heterocycles. The predicted octanol–water partition coefficient (Wildman–Crippen LogP) is 4.20. The third-order valence-corrected chi connectivity index (χ3v) is 5.55. The number of fused-ring (bicyclic) bond motifs is 2. The first-order valence-corrected chi connectivity index (χ1v) is 7.85. The first-order valence-electron chi connectivity index (χ1n) is 7.45. The maximum Gasteiger partial charge on any atom is 0.198 e. The van der Waals surface area contributed by atoms with E-state index in [2.05, 4.69) is 21.7 Å². The summed E-state index contributed by atoms with van der Waals surface area (Å²) in [6.07, 6.45) is 7.25. The Bertz CT molecular complexity index is 657. The third kappa shape index (κ3) is 1.79. The molecule has 0 unspecified atom stereocenters. The van der Waals surface area contributed by atoms with E-state index in [0.29, 0.717) is 10.8 Å². The maximum absolute atomic E-state index is 5.50. The topological polar surface area (TPSA) is 46.8 Å². The van der Waals surface area contributed by atoms with Crippen molar-refractivity contribution in [2.45, 2.75) is 38.6 Å². The second kappa shape index (κ2) is 4.58. The quantitative estimate of drug-likeness (QED) is 0.861. The summed E-state index contributed by atoms with van der Waals surface area (Å²) >= 11 is 5.45. The second-order valence-corrected chi connectivity index (χ2v) is 6.67. The van der Waals surface area contributed by atoms with E-state index >= 15 is 0 Å². The van der Waals surface area contributed by atoms with E-state index in [9.17, 15) is 0 Å². The van der Waals surface area contributed by atoms with Crippen LogP contribution in [0.1, 0.15) is 38.6 Å². The fraction of sp³-hybridized carbons (Fsp3) is 0.600. The molecule has 20 heavy (non-hydrogen) atoms. The number of rotatable bonds is 3. The molecule has 2 saturated carbocycles. The number of aromatic nitrogens is 3. The first kappa shape index (κ1) is 12.4. The summed E-state index contributed by atoms with van der Waals surface area (Å²) in [5.41, 5.74) is 0. The molecule has 2 aromatic heterocycles. The highest BCUT2D eigenvalue weighted by Crippen LogP contribution is 2.52.